The second-order valence-corrected chi connectivity index (χ2v) is 17.8. The maximum absolute atomic E-state index is 7.13. The lowest BCUT2D eigenvalue weighted by Gasteiger charge is -2.49. The van der Waals surface area contributed by atoms with Crippen molar-refractivity contribution in [1.29, 1.82) is 0 Å². The third-order valence-corrected chi connectivity index (χ3v) is 13.7. The number of hydrogen-bond acceptors (Lipinski definition) is 4. The first kappa shape index (κ1) is 31.1. The van der Waals surface area contributed by atoms with E-state index in [2.05, 4.69) is 123 Å². The van der Waals surface area contributed by atoms with Gasteiger partial charge in [0.15, 0.2) is 8.32 Å². The summed E-state index contributed by atoms with van der Waals surface area (Å²) in [6.07, 6.45) is 0.0441. The van der Waals surface area contributed by atoms with E-state index in [1.54, 1.807) is 0 Å². The molecule has 40 heavy (non-hydrogen) atoms. The Morgan fingerprint density at radius 1 is 0.650 bits per heavy atom. The highest BCUT2D eigenvalue weighted by molar-refractivity contribution is 9.09. The first-order valence-corrected chi connectivity index (χ1v) is 18.4. The van der Waals surface area contributed by atoms with E-state index in [1.807, 2.05) is 18.2 Å². The van der Waals surface area contributed by atoms with Crippen LogP contribution in [0.5, 0.6) is 0 Å². The van der Waals surface area contributed by atoms with Crippen LogP contribution < -0.4 is 0 Å². The highest BCUT2D eigenvalue weighted by atomic mass is 79.9. The van der Waals surface area contributed by atoms with E-state index >= 15 is 0 Å². The summed E-state index contributed by atoms with van der Waals surface area (Å²) in [5.74, 6) is 0.218. The molecule has 0 aliphatic heterocycles. The molecule has 0 saturated heterocycles. The molecular formula is C34H45BrO4Si. The molecule has 0 heterocycles. The standard InChI is InChI=1S/C34H45BrO4Si/c1-34(2,3)40(4,5)39-30-21-29(22-35)31(36-23-26-15-9-6-10-16-26)33(38-25-28-19-13-8-14-20-28)32(30)37-24-27-17-11-7-12-18-27/h6-20,29-33H,21-25H2,1-5H3/t29?,30-,31-,32?,33+/m0/s1. The molecule has 0 radical (unpaired) electrons. The molecule has 1 saturated carbocycles. The summed E-state index contributed by atoms with van der Waals surface area (Å²) in [4.78, 5) is 0. The van der Waals surface area contributed by atoms with Gasteiger partial charge in [0.25, 0.3) is 0 Å². The minimum atomic E-state index is -2.09. The molecule has 0 N–H and O–H groups in total. The second kappa shape index (κ2) is 14.4. The van der Waals surface area contributed by atoms with Crippen molar-refractivity contribution in [2.75, 3.05) is 5.33 Å². The fourth-order valence-corrected chi connectivity index (χ4v) is 6.95. The SMILES string of the molecule is CC(C)(C)[Si](C)(C)O[C@H]1CC(CBr)[C@H](OCc2ccccc2)[C@@H](OCc2ccccc2)C1OCc1ccccc1. The maximum Gasteiger partial charge on any atom is 0.192 e. The summed E-state index contributed by atoms with van der Waals surface area (Å²) < 4.78 is 27.4. The smallest absolute Gasteiger partial charge is 0.192 e. The third kappa shape index (κ3) is 8.37. The molecule has 3 aromatic rings. The summed E-state index contributed by atoms with van der Waals surface area (Å²) in [6, 6.07) is 31.1. The number of rotatable bonds is 12. The molecule has 6 heteroatoms. The maximum atomic E-state index is 7.13. The van der Waals surface area contributed by atoms with Gasteiger partial charge < -0.3 is 18.6 Å². The Morgan fingerprint density at radius 3 is 1.45 bits per heavy atom. The van der Waals surface area contributed by atoms with Crippen molar-refractivity contribution in [3.63, 3.8) is 0 Å². The average Bonchev–Trinajstić information content (AvgIpc) is 2.95. The number of hydrogen-bond donors (Lipinski definition) is 0. The van der Waals surface area contributed by atoms with Gasteiger partial charge in [-0.2, -0.15) is 0 Å². The zero-order chi connectivity index (χ0) is 28.6. The van der Waals surface area contributed by atoms with Crippen LogP contribution in [0.3, 0.4) is 0 Å². The highest BCUT2D eigenvalue weighted by Gasteiger charge is 2.50. The van der Waals surface area contributed by atoms with Gasteiger partial charge in [0.1, 0.15) is 12.2 Å². The van der Waals surface area contributed by atoms with Gasteiger partial charge in [-0.3, -0.25) is 0 Å². The molecular weight excluding hydrogens is 580 g/mol. The Morgan fingerprint density at radius 2 is 1.05 bits per heavy atom. The Labute approximate surface area is 250 Å². The molecule has 3 aromatic carbocycles. The molecule has 0 bridgehead atoms. The van der Waals surface area contributed by atoms with Gasteiger partial charge in [0.05, 0.1) is 32.0 Å². The number of alkyl halides is 1. The fraction of sp³-hybridized carbons (Fsp3) is 0.471. The van der Waals surface area contributed by atoms with Crippen LogP contribution >= 0.6 is 15.9 Å². The van der Waals surface area contributed by atoms with Gasteiger partial charge in [-0.05, 0) is 47.2 Å². The predicted octanol–water partition coefficient (Wildman–Crippen LogP) is 8.55. The lowest BCUT2D eigenvalue weighted by Crippen LogP contribution is -2.60. The Balaban J connectivity index is 1.66. The zero-order valence-electron chi connectivity index (χ0n) is 24.6. The fourth-order valence-electron chi connectivity index (χ4n) is 4.98. The van der Waals surface area contributed by atoms with E-state index in [4.69, 9.17) is 18.6 Å². The Hall–Kier alpha value is -1.80. The first-order valence-electron chi connectivity index (χ1n) is 14.4. The van der Waals surface area contributed by atoms with Crippen molar-refractivity contribution in [1.82, 2.24) is 0 Å². The molecule has 2 unspecified atom stereocenters. The Bertz CT molecular complexity index is 1140. The third-order valence-electron chi connectivity index (χ3n) is 8.32. The van der Waals surface area contributed by atoms with Gasteiger partial charge >= 0.3 is 0 Å². The molecule has 5 atom stereocenters. The monoisotopic (exact) mass is 624 g/mol. The topological polar surface area (TPSA) is 36.9 Å². The van der Waals surface area contributed by atoms with E-state index in [1.165, 1.54) is 0 Å². The second-order valence-electron chi connectivity index (χ2n) is 12.4. The zero-order valence-corrected chi connectivity index (χ0v) is 27.2. The highest BCUT2D eigenvalue weighted by Crippen LogP contribution is 2.42. The van der Waals surface area contributed by atoms with E-state index in [0.29, 0.717) is 19.8 Å². The first-order chi connectivity index (χ1) is 19.2. The molecule has 0 amide bonds. The minimum Gasteiger partial charge on any atom is -0.411 e. The van der Waals surface area contributed by atoms with Crippen molar-refractivity contribution >= 4 is 24.2 Å². The average molecular weight is 626 g/mol. The molecule has 1 aliphatic carbocycles. The molecule has 1 fully saturated rings. The summed E-state index contributed by atoms with van der Waals surface area (Å²) in [6.45, 7) is 13.0. The molecule has 216 valence electrons. The van der Waals surface area contributed by atoms with Crippen molar-refractivity contribution in [3.05, 3.63) is 108 Å². The summed E-state index contributed by atoms with van der Waals surface area (Å²) in [5.41, 5.74) is 3.42. The van der Waals surface area contributed by atoms with Crippen molar-refractivity contribution in [2.45, 2.75) is 89.6 Å². The number of ether oxygens (including phenoxy) is 3. The van der Waals surface area contributed by atoms with Gasteiger partial charge in [-0.1, -0.05) is 128 Å². The molecule has 0 spiro atoms. The van der Waals surface area contributed by atoms with Crippen LogP contribution in [0.4, 0.5) is 0 Å². The Kier molecular flexibility index (Phi) is 11.2. The van der Waals surface area contributed by atoms with Gasteiger partial charge in [0.2, 0.25) is 0 Å². The molecule has 0 aromatic heterocycles. The van der Waals surface area contributed by atoms with Crippen LogP contribution in [0, 0.1) is 5.92 Å². The van der Waals surface area contributed by atoms with Crippen LogP contribution in [0.25, 0.3) is 0 Å². The molecule has 1 aliphatic rings. The van der Waals surface area contributed by atoms with Crippen LogP contribution in [0.1, 0.15) is 43.9 Å². The molecule has 4 rings (SSSR count). The lowest BCUT2D eigenvalue weighted by atomic mass is 9.81. The normalized spacial score (nSPS) is 23.7. The lowest BCUT2D eigenvalue weighted by molar-refractivity contribution is -0.213. The van der Waals surface area contributed by atoms with Crippen molar-refractivity contribution in [3.8, 4) is 0 Å². The van der Waals surface area contributed by atoms with E-state index in [0.717, 1.165) is 28.4 Å². The van der Waals surface area contributed by atoms with Gasteiger partial charge in [-0.15, -0.1) is 0 Å². The summed E-state index contributed by atoms with van der Waals surface area (Å²) >= 11 is 3.82. The quantitative estimate of drug-likeness (QED) is 0.149. The molecule has 4 nitrogen and oxygen atoms in total. The number of halogens is 1. The van der Waals surface area contributed by atoms with Crippen molar-refractivity contribution in [2.24, 2.45) is 5.92 Å². The van der Waals surface area contributed by atoms with Crippen LogP contribution in [-0.2, 0) is 38.5 Å². The summed E-state index contributed by atoms with van der Waals surface area (Å²) in [5, 5.41) is 0.891. The van der Waals surface area contributed by atoms with Crippen LogP contribution in [0.2, 0.25) is 18.1 Å². The van der Waals surface area contributed by atoms with E-state index in [-0.39, 0.29) is 35.4 Å². The van der Waals surface area contributed by atoms with Crippen LogP contribution in [-0.4, -0.2) is 38.1 Å². The summed E-state index contributed by atoms with van der Waals surface area (Å²) in [7, 11) is -2.09. The minimum absolute atomic E-state index is 0.0852. The number of benzene rings is 3. The van der Waals surface area contributed by atoms with Crippen molar-refractivity contribution < 1.29 is 18.6 Å². The van der Waals surface area contributed by atoms with Crippen LogP contribution in [0.15, 0.2) is 91.0 Å². The van der Waals surface area contributed by atoms with E-state index in [9.17, 15) is 0 Å². The van der Waals surface area contributed by atoms with Gasteiger partial charge in [0, 0.05) is 5.33 Å². The largest absolute Gasteiger partial charge is 0.411 e. The van der Waals surface area contributed by atoms with Gasteiger partial charge in [-0.25, -0.2) is 0 Å². The predicted molar refractivity (Wildman–Crippen MR) is 169 cm³/mol. The van der Waals surface area contributed by atoms with E-state index < -0.39 is 8.32 Å².